The molecular formula is C21H18F2N4O. The van der Waals surface area contributed by atoms with Gasteiger partial charge in [-0.2, -0.15) is 0 Å². The molecule has 0 bridgehead atoms. The number of nitrogens with zero attached hydrogens (tertiary/aromatic N) is 4. The van der Waals surface area contributed by atoms with E-state index in [1.165, 1.54) is 10.8 Å². The molecule has 0 atom stereocenters. The van der Waals surface area contributed by atoms with Crippen LogP contribution in [0.2, 0.25) is 0 Å². The predicted molar refractivity (Wildman–Crippen MR) is 100 cm³/mol. The number of aromatic nitrogens is 3. The zero-order valence-corrected chi connectivity index (χ0v) is 15.3. The molecule has 2 heterocycles. The summed E-state index contributed by atoms with van der Waals surface area (Å²) < 4.78 is 29.2. The standard InChI is InChI=1S/C21H18F2N4O/c1-12-20(24-25-27(12)19-4-2-3-15(22)10-18(19)23)13-5-8-17-14(9-13)11-26(21(17)28)16-6-7-16/h2-3,5,8-10,16H,4,6-7,11H2,1H3. The molecule has 5 nitrogen and oxygen atoms in total. The number of hydrogen-bond donors (Lipinski definition) is 0. The van der Waals surface area contributed by atoms with Crippen LogP contribution in [-0.2, 0) is 6.54 Å². The number of rotatable bonds is 3. The molecule has 0 saturated heterocycles. The molecule has 0 unspecified atom stereocenters. The van der Waals surface area contributed by atoms with Crippen LogP contribution in [0.15, 0.2) is 48.1 Å². The minimum atomic E-state index is -0.665. The Labute approximate surface area is 160 Å². The highest BCUT2D eigenvalue weighted by Crippen LogP contribution is 2.36. The minimum absolute atomic E-state index is 0.0932. The van der Waals surface area contributed by atoms with E-state index < -0.39 is 11.7 Å². The molecule has 2 aliphatic carbocycles. The van der Waals surface area contributed by atoms with Gasteiger partial charge in [0.25, 0.3) is 5.91 Å². The fourth-order valence-electron chi connectivity index (χ4n) is 3.84. The molecule has 2 aromatic rings. The van der Waals surface area contributed by atoms with Crippen LogP contribution in [0.4, 0.5) is 8.78 Å². The Kier molecular flexibility index (Phi) is 3.79. The zero-order chi connectivity index (χ0) is 19.4. The van der Waals surface area contributed by atoms with Crippen LogP contribution in [0.3, 0.4) is 0 Å². The number of benzene rings is 1. The van der Waals surface area contributed by atoms with Crippen molar-refractivity contribution in [2.45, 2.75) is 38.8 Å². The molecule has 1 aromatic heterocycles. The molecule has 1 fully saturated rings. The number of hydrogen-bond acceptors (Lipinski definition) is 3. The zero-order valence-electron chi connectivity index (χ0n) is 15.3. The number of amides is 1. The van der Waals surface area contributed by atoms with E-state index >= 15 is 0 Å². The maximum absolute atomic E-state index is 14.4. The van der Waals surface area contributed by atoms with Gasteiger partial charge < -0.3 is 4.90 Å². The second-order valence-electron chi connectivity index (χ2n) is 7.40. The molecule has 0 spiro atoms. The summed E-state index contributed by atoms with van der Waals surface area (Å²) in [6.45, 7) is 2.42. The van der Waals surface area contributed by atoms with Crippen LogP contribution in [0.25, 0.3) is 17.0 Å². The van der Waals surface area contributed by atoms with Crippen molar-refractivity contribution in [3.63, 3.8) is 0 Å². The van der Waals surface area contributed by atoms with E-state index in [2.05, 4.69) is 10.3 Å². The molecule has 0 radical (unpaired) electrons. The first kappa shape index (κ1) is 17.0. The largest absolute Gasteiger partial charge is 0.331 e. The molecule has 142 valence electrons. The van der Waals surface area contributed by atoms with Crippen LogP contribution >= 0.6 is 0 Å². The van der Waals surface area contributed by atoms with Crippen molar-refractivity contribution < 1.29 is 13.6 Å². The Morgan fingerprint density at radius 1 is 1.21 bits per heavy atom. The number of halogens is 2. The third kappa shape index (κ3) is 2.69. The van der Waals surface area contributed by atoms with Gasteiger partial charge in [-0.3, -0.25) is 4.79 Å². The van der Waals surface area contributed by atoms with Gasteiger partial charge in [-0.1, -0.05) is 17.4 Å². The van der Waals surface area contributed by atoms with Crippen molar-refractivity contribution in [2.24, 2.45) is 0 Å². The van der Waals surface area contributed by atoms with Gasteiger partial charge in [0.2, 0.25) is 0 Å². The first-order valence-electron chi connectivity index (χ1n) is 9.32. The van der Waals surface area contributed by atoms with Gasteiger partial charge in [0.15, 0.2) is 0 Å². The van der Waals surface area contributed by atoms with E-state index in [1.54, 1.807) is 13.0 Å². The Balaban J connectivity index is 1.51. The van der Waals surface area contributed by atoms with Crippen LogP contribution in [0.5, 0.6) is 0 Å². The Hall–Kier alpha value is -3.09. The quantitative estimate of drug-likeness (QED) is 0.797. The summed E-state index contributed by atoms with van der Waals surface area (Å²) in [7, 11) is 0. The van der Waals surface area contributed by atoms with Gasteiger partial charge in [-0.05, 0) is 43.5 Å². The monoisotopic (exact) mass is 380 g/mol. The lowest BCUT2D eigenvalue weighted by Crippen LogP contribution is -2.25. The van der Waals surface area contributed by atoms with Crippen molar-refractivity contribution in [1.82, 2.24) is 19.9 Å². The van der Waals surface area contributed by atoms with Crippen molar-refractivity contribution in [2.75, 3.05) is 0 Å². The first-order valence-corrected chi connectivity index (χ1v) is 9.32. The third-order valence-electron chi connectivity index (χ3n) is 5.48. The fourth-order valence-corrected chi connectivity index (χ4v) is 3.84. The maximum atomic E-state index is 14.4. The van der Waals surface area contributed by atoms with E-state index in [-0.39, 0.29) is 18.0 Å². The first-order chi connectivity index (χ1) is 13.5. The number of carbonyl (C=O) groups excluding carboxylic acids is 1. The summed E-state index contributed by atoms with van der Waals surface area (Å²) in [5.41, 5.74) is 4.09. The molecule has 1 saturated carbocycles. The lowest BCUT2D eigenvalue weighted by molar-refractivity contribution is 0.0766. The Morgan fingerprint density at radius 3 is 2.82 bits per heavy atom. The van der Waals surface area contributed by atoms with E-state index in [9.17, 15) is 13.6 Å². The fraction of sp³-hybridized carbons (Fsp3) is 0.286. The van der Waals surface area contributed by atoms with Crippen molar-refractivity contribution in [3.8, 4) is 11.3 Å². The number of carbonyl (C=O) groups is 1. The molecular weight excluding hydrogens is 362 g/mol. The lowest BCUT2D eigenvalue weighted by atomic mass is 10.0. The van der Waals surface area contributed by atoms with E-state index in [1.807, 2.05) is 23.1 Å². The van der Waals surface area contributed by atoms with Crippen LogP contribution in [0.1, 0.15) is 40.9 Å². The average Bonchev–Trinajstić information content (AvgIpc) is 3.40. The summed E-state index contributed by atoms with van der Waals surface area (Å²) >= 11 is 0. The molecule has 7 heteroatoms. The summed E-state index contributed by atoms with van der Waals surface area (Å²) in [5, 5.41) is 8.33. The Morgan fingerprint density at radius 2 is 2.04 bits per heavy atom. The average molecular weight is 380 g/mol. The minimum Gasteiger partial charge on any atom is -0.331 e. The van der Waals surface area contributed by atoms with Gasteiger partial charge in [0.1, 0.15) is 17.3 Å². The van der Waals surface area contributed by atoms with Crippen molar-refractivity contribution in [3.05, 3.63) is 64.9 Å². The Bertz CT molecular complexity index is 1090. The normalized spacial score (nSPS) is 19.2. The SMILES string of the molecule is Cc1c(-c2ccc3c(c2)CN(C2CC2)C3=O)nnn1C1=C(F)C=C(F)C=CC1. The lowest BCUT2D eigenvalue weighted by Gasteiger charge is -2.13. The van der Waals surface area contributed by atoms with E-state index in [4.69, 9.17) is 0 Å². The van der Waals surface area contributed by atoms with E-state index in [0.717, 1.165) is 35.6 Å². The molecule has 5 rings (SSSR count). The molecule has 3 aliphatic rings. The van der Waals surface area contributed by atoms with Gasteiger partial charge in [0.05, 0.1) is 11.4 Å². The van der Waals surface area contributed by atoms with Gasteiger partial charge >= 0.3 is 0 Å². The van der Waals surface area contributed by atoms with Crippen LogP contribution < -0.4 is 0 Å². The summed E-state index contributed by atoms with van der Waals surface area (Å²) in [4.78, 5) is 14.4. The molecule has 1 amide bonds. The third-order valence-corrected chi connectivity index (χ3v) is 5.48. The highest BCUT2D eigenvalue weighted by molar-refractivity contribution is 5.99. The van der Waals surface area contributed by atoms with Crippen LogP contribution in [0, 0.1) is 6.92 Å². The van der Waals surface area contributed by atoms with Crippen molar-refractivity contribution >= 4 is 11.6 Å². The number of fused-ring (bicyclic) bond motifs is 1. The predicted octanol–water partition coefficient (Wildman–Crippen LogP) is 4.32. The van der Waals surface area contributed by atoms with Crippen LogP contribution in [-0.4, -0.2) is 31.8 Å². The molecule has 1 aromatic carbocycles. The highest BCUT2D eigenvalue weighted by Gasteiger charge is 2.38. The molecule has 0 N–H and O–H groups in total. The number of allylic oxidation sites excluding steroid dienone is 6. The maximum Gasteiger partial charge on any atom is 0.254 e. The molecule has 1 aliphatic heterocycles. The summed E-state index contributed by atoms with van der Waals surface area (Å²) in [6, 6.07) is 6.03. The summed E-state index contributed by atoms with van der Waals surface area (Å²) in [6.07, 6.45) is 6.01. The second kappa shape index (κ2) is 6.22. The smallest absolute Gasteiger partial charge is 0.254 e. The second-order valence-corrected chi connectivity index (χ2v) is 7.40. The topological polar surface area (TPSA) is 51.0 Å². The summed E-state index contributed by atoms with van der Waals surface area (Å²) in [5.74, 6) is -1.20. The van der Waals surface area contributed by atoms with Gasteiger partial charge in [-0.25, -0.2) is 13.5 Å². The van der Waals surface area contributed by atoms with E-state index in [0.29, 0.717) is 24.0 Å². The van der Waals surface area contributed by atoms with Gasteiger partial charge in [-0.15, -0.1) is 5.10 Å². The molecule has 28 heavy (non-hydrogen) atoms. The van der Waals surface area contributed by atoms with Gasteiger partial charge in [0, 0.05) is 36.2 Å². The van der Waals surface area contributed by atoms with Crippen molar-refractivity contribution in [1.29, 1.82) is 0 Å². The highest BCUT2D eigenvalue weighted by atomic mass is 19.1.